The minimum atomic E-state index is 0.230. The van der Waals surface area contributed by atoms with Gasteiger partial charge in [-0.15, -0.1) is 0 Å². The standard InChI is InChI=1S/C18H24N2/c1-18(12-5-2-6-13-18)17(20-19)16-11-7-9-14-8-3-4-10-15(14)16/h3-4,7-11,17,20H,2,5-6,12-13,19H2,1H3. The summed E-state index contributed by atoms with van der Waals surface area (Å²) in [6, 6.07) is 15.4. The van der Waals surface area contributed by atoms with E-state index in [9.17, 15) is 0 Å². The second-order valence-corrected chi connectivity index (χ2v) is 6.38. The van der Waals surface area contributed by atoms with Gasteiger partial charge in [0.05, 0.1) is 6.04 Å². The summed E-state index contributed by atoms with van der Waals surface area (Å²) < 4.78 is 0. The highest BCUT2D eigenvalue weighted by molar-refractivity contribution is 5.86. The van der Waals surface area contributed by atoms with Crippen LogP contribution in [0.1, 0.15) is 50.6 Å². The molecule has 0 heterocycles. The van der Waals surface area contributed by atoms with Crippen LogP contribution in [0, 0.1) is 5.41 Å². The summed E-state index contributed by atoms with van der Waals surface area (Å²) in [4.78, 5) is 0. The van der Waals surface area contributed by atoms with Gasteiger partial charge < -0.3 is 0 Å². The summed E-state index contributed by atoms with van der Waals surface area (Å²) in [6.45, 7) is 2.39. The molecule has 0 bridgehead atoms. The van der Waals surface area contributed by atoms with Crippen LogP contribution in [0.15, 0.2) is 42.5 Å². The van der Waals surface area contributed by atoms with E-state index in [1.807, 2.05) is 0 Å². The SMILES string of the molecule is CC1(C(NN)c2cccc3ccccc23)CCCCC1. The van der Waals surface area contributed by atoms with E-state index in [4.69, 9.17) is 5.84 Å². The Hall–Kier alpha value is -1.38. The van der Waals surface area contributed by atoms with E-state index in [0.29, 0.717) is 0 Å². The lowest BCUT2D eigenvalue weighted by molar-refractivity contribution is 0.146. The minimum absolute atomic E-state index is 0.230. The van der Waals surface area contributed by atoms with Gasteiger partial charge in [0.15, 0.2) is 0 Å². The zero-order chi connectivity index (χ0) is 14.0. The zero-order valence-corrected chi connectivity index (χ0v) is 12.2. The first-order valence-electron chi connectivity index (χ1n) is 7.68. The highest BCUT2D eigenvalue weighted by Crippen LogP contribution is 2.46. The first kappa shape index (κ1) is 13.6. The average Bonchev–Trinajstić information content (AvgIpc) is 2.49. The molecule has 0 amide bonds. The first-order valence-corrected chi connectivity index (χ1v) is 7.68. The van der Waals surface area contributed by atoms with E-state index in [1.165, 1.54) is 48.4 Å². The number of benzene rings is 2. The van der Waals surface area contributed by atoms with Crippen molar-refractivity contribution >= 4 is 10.8 Å². The lowest BCUT2D eigenvalue weighted by Gasteiger charge is -2.41. The van der Waals surface area contributed by atoms with Gasteiger partial charge in [0.2, 0.25) is 0 Å². The summed E-state index contributed by atoms with van der Waals surface area (Å²) >= 11 is 0. The van der Waals surface area contributed by atoms with Crippen LogP contribution in [-0.2, 0) is 0 Å². The highest BCUT2D eigenvalue weighted by atomic mass is 15.2. The molecular weight excluding hydrogens is 244 g/mol. The van der Waals surface area contributed by atoms with Crippen molar-refractivity contribution in [3.05, 3.63) is 48.0 Å². The molecular formula is C18H24N2. The smallest absolute Gasteiger partial charge is 0.0519 e. The molecule has 3 N–H and O–H groups in total. The number of nitrogens with two attached hydrogens (primary N) is 1. The van der Waals surface area contributed by atoms with Gasteiger partial charge in [-0.05, 0) is 34.6 Å². The Bertz CT molecular complexity index is 579. The van der Waals surface area contributed by atoms with Gasteiger partial charge in [0.1, 0.15) is 0 Å². The van der Waals surface area contributed by atoms with Crippen LogP contribution in [0.25, 0.3) is 10.8 Å². The molecule has 106 valence electrons. The van der Waals surface area contributed by atoms with Gasteiger partial charge in [-0.25, -0.2) is 0 Å². The van der Waals surface area contributed by atoms with E-state index in [-0.39, 0.29) is 11.5 Å². The van der Waals surface area contributed by atoms with Crippen molar-refractivity contribution in [2.24, 2.45) is 11.3 Å². The Labute approximate surface area is 121 Å². The fraction of sp³-hybridized carbons (Fsp3) is 0.444. The number of hydrazine groups is 1. The van der Waals surface area contributed by atoms with Crippen LogP contribution in [0.3, 0.4) is 0 Å². The van der Waals surface area contributed by atoms with E-state index < -0.39 is 0 Å². The fourth-order valence-electron chi connectivity index (χ4n) is 3.82. The van der Waals surface area contributed by atoms with E-state index >= 15 is 0 Å². The third-order valence-electron chi connectivity index (χ3n) is 4.99. The Morgan fingerprint density at radius 3 is 2.45 bits per heavy atom. The summed E-state index contributed by atoms with van der Waals surface area (Å²) in [5.74, 6) is 5.96. The molecule has 1 fully saturated rings. The van der Waals surface area contributed by atoms with E-state index in [2.05, 4.69) is 54.8 Å². The van der Waals surface area contributed by atoms with Gasteiger partial charge in [-0.2, -0.15) is 0 Å². The quantitative estimate of drug-likeness (QED) is 0.643. The molecule has 2 heteroatoms. The molecule has 2 aromatic rings. The van der Waals surface area contributed by atoms with Crippen LogP contribution in [-0.4, -0.2) is 0 Å². The van der Waals surface area contributed by atoms with E-state index in [0.717, 1.165) is 0 Å². The predicted octanol–water partition coefficient (Wildman–Crippen LogP) is 4.31. The van der Waals surface area contributed by atoms with E-state index in [1.54, 1.807) is 0 Å². The van der Waals surface area contributed by atoms with Crippen molar-refractivity contribution in [2.75, 3.05) is 0 Å². The van der Waals surface area contributed by atoms with Gasteiger partial charge in [0, 0.05) is 0 Å². The minimum Gasteiger partial charge on any atom is -0.271 e. The number of fused-ring (bicyclic) bond motifs is 1. The molecule has 1 unspecified atom stereocenters. The Morgan fingerprint density at radius 2 is 1.70 bits per heavy atom. The molecule has 0 saturated heterocycles. The zero-order valence-electron chi connectivity index (χ0n) is 12.2. The van der Waals surface area contributed by atoms with Gasteiger partial charge in [-0.3, -0.25) is 11.3 Å². The molecule has 2 aromatic carbocycles. The summed E-state index contributed by atoms with van der Waals surface area (Å²) in [6.07, 6.45) is 6.51. The van der Waals surface area contributed by atoms with Crippen LogP contribution < -0.4 is 11.3 Å². The molecule has 1 saturated carbocycles. The Kier molecular flexibility index (Phi) is 3.77. The second kappa shape index (κ2) is 5.55. The summed E-state index contributed by atoms with van der Waals surface area (Å²) in [5.41, 5.74) is 4.72. The fourth-order valence-corrected chi connectivity index (χ4v) is 3.82. The highest BCUT2D eigenvalue weighted by Gasteiger charge is 2.36. The van der Waals surface area contributed by atoms with Crippen molar-refractivity contribution < 1.29 is 0 Å². The van der Waals surface area contributed by atoms with Crippen molar-refractivity contribution in [2.45, 2.75) is 45.1 Å². The maximum absolute atomic E-state index is 5.96. The van der Waals surface area contributed by atoms with Crippen LogP contribution in [0.5, 0.6) is 0 Å². The summed E-state index contributed by atoms with van der Waals surface area (Å²) in [5, 5.41) is 2.62. The number of hydrogen-bond donors (Lipinski definition) is 2. The maximum Gasteiger partial charge on any atom is 0.0519 e. The topological polar surface area (TPSA) is 38.0 Å². The van der Waals surface area contributed by atoms with Crippen LogP contribution in [0.4, 0.5) is 0 Å². The molecule has 0 radical (unpaired) electrons. The third-order valence-corrected chi connectivity index (χ3v) is 4.99. The molecule has 1 aliphatic rings. The maximum atomic E-state index is 5.96. The lowest BCUT2D eigenvalue weighted by Crippen LogP contribution is -2.41. The third kappa shape index (κ3) is 2.34. The lowest BCUT2D eigenvalue weighted by atomic mass is 9.68. The Balaban J connectivity index is 2.07. The molecule has 0 aliphatic heterocycles. The molecule has 3 rings (SSSR count). The second-order valence-electron chi connectivity index (χ2n) is 6.38. The number of rotatable bonds is 3. The van der Waals surface area contributed by atoms with Crippen molar-refractivity contribution in [3.63, 3.8) is 0 Å². The predicted molar refractivity (Wildman–Crippen MR) is 85.2 cm³/mol. The molecule has 20 heavy (non-hydrogen) atoms. The van der Waals surface area contributed by atoms with Crippen molar-refractivity contribution in [1.82, 2.24) is 5.43 Å². The molecule has 1 atom stereocenters. The molecule has 0 spiro atoms. The monoisotopic (exact) mass is 268 g/mol. The number of hydrogen-bond acceptors (Lipinski definition) is 2. The van der Waals surface area contributed by atoms with Gasteiger partial charge in [-0.1, -0.05) is 68.7 Å². The van der Waals surface area contributed by atoms with Gasteiger partial charge >= 0.3 is 0 Å². The number of nitrogens with one attached hydrogen (secondary N) is 1. The molecule has 1 aliphatic carbocycles. The molecule has 2 nitrogen and oxygen atoms in total. The van der Waals surface area contributed by atoms with Crippen LogP contribution >= 0.6 is 0 Å². The van der Waals surface area contributed by atoms with Crippen molar-refractivity contribution in [1.29, 1.82) is 0 Å². The van der Waals surface area contributed by atoms with Gasteiger partial charge in [0.25, 0.3) is 0 Å². The normalized spacial score (nSPS) is 19.9. The molecule has 0 aromatic heterocycles. The first-order chi connectivity index (χ1) is 9.74. The van der Waals surface area contributed by atoms with Crippen molar-refractivity contribution in [3.8, 4) is 0 Å². The average molecular weight is 268 g/mol. The largest absolute Gasteiger partial charge is 0.271 e. The van der Waals surface area contributed by atoms with Crippen LogP contribution in [0.2, 0.25) is 0 Å². The summed E-state index contributed by atoms with van der Waals surface area (Å²) in [7, 11) is 0. The Morgan fingerprint density at radius 1 is 1.00 bits per heavy atom.